The van der Waals surface area contributed by atoms with Crippen LogP contribution in [0.3, 0.4) is 0 Å². The fraction of sp³-hybridized carbons (Fsp3) is 0.231. The van der Waals surface area contributed by atoms with Crippen LogP contribution in [0.5, 0.6) is 5.75 Å². The summed E-state index contributed by atoms with van der Waals surface area (Å²) in [7, 11) is 0. The second kappa shape index (κ2) is 5.87. The van der Waals surface area contributed by atoms with Gasteiger partial charge in [-0.3, -0.25) is 0 Å². The van der Waals surface area contributed by atoms with Crippen molar-refractivity contribution in [2.45, 2.75) is 13.0 Å². The van der Waals surface area contributed by atoms with E-state index < -0.39 is 0 Å². The van der Waals surface area contributed by atoms with Gasteiger partial charge >= 0.3 is 0 Å². The lowest BCUT2D eigenvalue weighted by atomic mass is 10.1. The first-order chi connectivity index (χ1) is 9.65. The maximum atomic E-state index is 5.94. The number of ether oxygens (including phenoxy) is 1. The molecule has 1 aliphatic rings. The van der Waals surface area contributed by atoms with Crippen LogP contribution in [0.25, 0.3) is 0 Å². The predicted molar refractivity (Wildman–Crippen MR) is 85.4 cm³/mol. The van der Waals surface area contributed by atoms with E-state index in [1.54, 1.807) is 0 Å². The van der Waals surface area contributed by atoms with Crippen molar-refractivity contribution < 1.29 is 4.74 Å². The summed E-state index contributed by atoms with van der Waals surface area (Å²) in [6.45, 7) is 1.34. The minimum atomic E-state index is 0.387. The van der Waals surface area contributed by atoms with Crippen LogP contribution in [-0.4, -0.2) is 16.6 Å². The number of nitrogens with one attached hydrogen (secondary N) is 1. The number of halogens is 3. The van der Waals surface area contributed by atoms with Gasteiger partial charge in [-0.25, -0.2) is 9.97 Å². The van der Waals surface area contributed by atoms with E-state index >= 15 is 0 Å². The van der Waals surface area contributed by atoms with E-state index in [1.807, 2.05) is 6.07 Å². The number of hydrogen-bond acceptors (Lipinski definition) is 4. The second-order valence-corrected chi connectivity index (χ2v) is 6.40. The van der Waals surface area contributed by atoms with Gasteiger partial charge < -0.3 is 10.1 Å². The number of aromatic nitrogens is 2. The van der Waals surface area contributed by atoms with Gasteiger partial charge in [-0.05, 0) is 33.6 Å². The Balaban J connectivity index is 1.84. The fourth-order valence-corrected chi connectivity index (χ4v) is 3.16. The van der Waals surface area contributed by atoms with Crippen molar-refractivity contribution in [2.75, 3.05) is 11.9 Å². The molecule has 0 unspecified atom stereocenters. The van der Waals surface area contributed by atoms with Crippen molar-refractivity contribution in [3.63, 3.8) is 0 Å². The first-order valence-corrected chi connectivity index (χ1v) is 7.95. The molecule has 0 saturated carbocycles. The van der Waals surface area contributed by atoms with Crippen LogP contribution in [0, 0.1) is 0 Å². The molecule has 3 rings (SSSR count). The largest absolute Gasteiger partial charge is 0.493 e. The normalized spacial score (nSPS) is 12.9. The summed E-state index contributed by atoms with van der Waals surface area (Å²) in [5, 5.41) is 3.63. The summed E-state index contributed by atoms with van der Waals surface area (Å²) in [5.74, 6) is 1.63. The van der Waals surface area contributed by atoms with Gasteiger partial charge in [0, 0.05) is 23.0 Å². The van der Waals surface area contributed by atoms with E-state index in [0.717, 1.165) is 28.8 Å². The number of hydrogen-bond donors (Lipinski definition) is 1. The lowest BCUT2D eigenvalue weighted by Crippen LogP contribution is -2.04. The standard InChI is InChI=1S/C13H10Br2ClN3O/c14-9-3-7-1-2-20-11(7)8(4-9)5-17-13-10(15)12(16)18-6-19-13/h3-4,6H,1-2,5H2,(H,17,18,19). The molecule has 0 saturated heterocycles. The number of fused-ring (bicyclic) bond motifs is 1. The molecule has 2 aromatic rings. The van der Waals surface area contributed by atoms with Crippen molar-refractivity contribution in [1.82, 2.24) is 9.97 Å². The zero-order valence-electron chi connectivity index (χ0n) is 10.3. The molecule has 1 aromatic carbocycles. The monoisotopic (exact) mass is 417 g/mol. The molecule has 1 N–H and O–H groups in total. The van der Waals surface area contributed by atoms with Gasteiger partial charge in [0.05, 0.1) is 11.1 Å². The Labute approximate surface area is 138 Å². The van der Waals surface area contributed by atoms with Crippen molar-refractivity contribution in [3.05, 3.63) is 43.7 Å². The fourth-order valence-electron chi connectivity index (χ4n) is 2.13. The van der Waals surface area contributed by atoms with E-state index in [1.165, 1.54) is 11.9 Å². The molecule has 104 valence electrons. The molecule has 0 radical (unpaired) electrons. The average molecular weight is 420 g/mol. The second-order valence-electron chi connectivity index (χ2n) is 4.33. The van der Waals surface area contributed by atoms with Crippen LogP contribution in [-0.2, 0) is 13.0 Å². The highest BCUT2D eigenvalue weighted by molar-refractivity contribution is 9.11. The van der Waals surface area contributed by atoms with Gasteiger partial charge in [-0.15, -0.1) is 0 Å². The number of anilines is 1. The van der Waals surface area contributed by atoms with Crippen molar-refractivity contribution >= 4 is 49.3 Å². The van der Waals surface area contributed by atoms with E-state index in [-0.39, 0.29) is 0 Å². The van der Waals surface area contributed by atoms with Crippen LogP contribution in [0.1, 0.15) is 11.1 Å². The maximum absolute atomic E-state index is 5.94. The van der Waals surface area contributed by atoms with E-state index in [9.17, 15) is 0 Å². The molecule has 0 bridgehead atoms. The third-order valence-electron chi connectivity index (χ3n) is 3.02. The zero-order valence-corrected chi connectivity index (χ0v) is 14.2. The maximum Gasteiger partial charge on any atom is 0.148 e. The Morgan fingerprint density at radius 1 is 1.30 bits per heavy atom. The summed E-state index contributed by atoms with van der Waals surface area (Å²) >= 11 is 12.8. The van der Waals surface area contributed by atoms with E-state index in [2.05, 4.69) is 53.2 Å². The first-order valence-electron chi connectivity index (χ1n) is 5.99. The van der Waals surface area contributed by atoms with Gasteiger partial charge in [-0.1, -0.05) is 27.5 Å². The molecular weight excluding hydrogens is 409 g/mol. The molecule has 0 aliphatic carbocycles. The lowest BCUT2D eigenvalue weighted by molar-refractivity contribution is 0.354. The first kappa shape index (κ1) is 14.1. The van der Waals surface area contributed by atoms with Crippen LogP contribution in [0.2, 0.25) is 5.15 Å². The molecule has 0 fully saturated rings. The Hall–Kier alpha value is -0.850. The van der Waals surface area contributed by atoms with E-state index in [0.29, 0.717) is 22.0 Å². The summed E-state index contributed by atoms with van der Waals surface area (Å²) in [5.41, 5.74) is 2.32. The van der Waals surface area contributed by atoms with Crippen LogP contribution >= 0.6 is 43.5 Å². The highest BCUT2D eigenvalue weighted by Crippen LogP contribution is 2.34. The minimum absolute atomic E-state index is 0.387. The molecule has 0 atom stereocenters. The predicted octanol–water partition coefficient (Wildman–Crippen LogP) is 4.20. The third-order valence-corrected chi connectivity index (χ3v) is 4.74. The van der Waals surface area contributed by atoms with Gasteiger partial charge in [0.2, 0.25) is 0 Å². The number of nitrogens with zero attached hydrogens (tertiary/aromatic N) is 2. The Morgan fingerprint density at radius 3 is 3.00 bits per heavy atom. The van der Waals surface area contributed by atoms with Crippen LogP contribution < -0.4 is 10.1 Å². The smallest absolute Gasteiger partial charge is 0.148 e. The highest BCUT2D eigenvalue weighted by atomic mass is 79.9. The van der Waals surface area contributed by atoms with Crippen LogP contribution in [0.15, 0.2) is 27.4 Å². The van der Waals surface area contributed by atoms with Gasteiger partial charge in [0.25, 0.3) is 0 Å². The Kier molecular flexibility index (Phi) is 4.14. The SMILES string of the molecule is Clc1ncnc(NCc2cc(Br)cc3c2OCC3)c1Br. The van der Waals surface area contributed by atoms with Gasteiger partial charge in [0.15, 0.2) is 0 Å². The van der Waals surface area contributed by atoms with Crippen molar-refractivity contribution in [2.24, 2.45) is 0 Å². The van der Waals surface area contributed by atoms with Gasteiger partial charge in [0.1, 0.15) is 23.0 Å². The summed E-state index contributed by atoms with van der Waals surface area (Å²) in [6.07, 6.45) is 2.38. The lowest BCUT2D eigenvalue weighted by Gasteiger charge is -2.11. The van der Waals surface area contributed by atoms with Crippen molar-refractivity contribution in [3.8, 4) is 5.75 Å². The molecule has 20 heavy (non-hydrogen) atoms. The average Bonchev–Trinajstić information content (AvgIpc) is 2.88. The van der Waals surface area contributed by atoms with E-state index in [4.69, 9.17) is 16.3 Å². The quantitative estimate of drug-likeness (QED) is 0.758. The zero-order chi connectivity index (χ0) is 14.1. The molecule has 1 aliphatic heterocycles. The topological polar surface area (TPSA) is 47.0 Å². The third kappa shape index (κ3) is 2.77. The Bertz CT molecular complexity index is 666. The molecule has 4 nitrogen and oxygen atoms in total. The molecular formula is C13H10Br2ClN3O. The number of benzene rings is 1. The van der Waals surface area contributed by atoms with Gasteiger partial charge in [-0.2, -0.15) is 0 Å². The minimum Gasteiger partial charge on any atom is -0.493 e. The number of rotatable bonds is 3. The molecule has 0 spiro atoms. The summed E-state index contributed by atoms with van der Waals surface area (Å²) in [6, 6.07) is 4.15. The summed E-state index contributed by atoms with van der Waals surface area (Å²) < 4.78 is 7.41. The highest BCUT2D eigenvalue weighted by Gasteiger charge is 2.17. The van der Waals surface area contributed by atoms with Crippen LogP contribution in [0.4, 0.5) is 5.82 Å². The molecule has 0 amide bonds. The Morgan fingerprint density at radius 2 is 2.15 bits per heavy atom. The molecule has 7 heteroatoms. The van der Waals surface area contributed by atoms with Crippen molar-refractivity contribution in [1.29, 1.82) is 0 Å². The molecule has 1 aromatic heterocycles. The summed E-state index contributed by atoms with van der Waals surface area (Å²) in [4.78, 5) is 8.07. The molecule has 2 heterocycles.